The topological polar surface area (TPSA) is 29.9 Å². The Labute approximate surface area is 123 Å². The molecule has 6 heteroatoms. The van der Waals surface area contributed by atoms with E-state index in [1.165, 1.54) is 6.07 Å². The number of anilines is 1. The summed E-state index contributed by atoms with van der Waals surface area (Å²) in [7, 11) is 0. The number of benzene rings is 1. The highest BCUT2D eigenvalue weighted by molar-refractivity contribution is 5.85. The molecule has 0 amide bonds. The first-order chi connectivity index (χ1) is 9.11. The van der Waals surface area contributed by atoms with Crippen LogP contribution in [0, 0.1) is 11.6 Å². The second-order valence-electron chi connectivity index (χ2n) is 4.50. The highest BCUT2D eigenvalue weighted by atomic mass is 35.5. The monoisotopic (exact) mass is 301 g/mol. The fourth-order valence-corrected chi connectivity index (χ4v) is 1.74. The lowest BCUT2D eigenvalue weighted by molar-refractivity contribution is 0.478. The van der Waals surface area contributed by atoms with Crippen LogP contribution in [-0.2, 0) is 6.54 Å². The van der Waals surface area contributed by atoms with Gasteiger partial charge in [-0.05, 0) is 19.4 Å². The fourth-order valence-electron chi connectivity index (χ4n) is 1.74. The van der Waals surface area contributed by atoms with Gasteiger partial charge < -0.3 is 5.32 Å². The first kappa shape index (κ1) is 16.4. The summed E-state index contributed by atoms with van der Waals surface area (Å²) in [5, 5.41) is 7.33. The Hall–Kier alpha value is -1.62. The summed E-state index contributed by atoms with van der Waals surface area (Å²) < 4.78 is 28.3. The van der Waals surface area contributed by atoms with E-state index in [4.69, 9.17) is 0 Å². The van der Waals surface area contributed by atoms with E-state index in [0.29, 0.717) is 11.9 Å². The number of nitrogens with zero attached hydrogens (tertiary/aromatic N) is 2. The van der Waals surface area contributed by atoms with Crippen molar-refractivity contribution in [3.8, 4) is 0 Å². The van der Waals surface area contributed by atoms with Gasteiger partial charge in [0.1, 0.15) is 5.82 Å². The lowest BCUT2D eigenvalue weighted by Gasteiger charge is -2.08. The third-order valence-electron chi connectivity index (χ3n) is 3.14. The van der Waals surface area contributed by atoms with Crippen molar-refractivity contribution in [1.82, 2.24) is 9.78 Å². The molecule has 1 unspecified atom stereocenters. The minimum atomic E-state index is -0.829. The van der Waals surface area contributed by atoms with Crippen molar-refractivity contribution in [2.45, 2.75) is 32.9 Å². The van der Waals surface area contributed by atoms with E-state index in [2.05, 4.69) is 24.3 Å². The summed E-state index contributed by atoms with van der Waals surface area (Å²) in [6, 6.07) is 6.30. The van der Waals surface area contributed by atoms with Crippen molar-refractivity contribution >= 4 is 18.2 Å². The van der Waals surface area contributed by atoms with Gasteiger partial charge in [0.15, 0.2) is 11.6 Å². The molecular formula is C14H18ClF2N3. The van der Waals surface area contributed by atoms with Crippen molar-refractivity contribution < 1.29 is 8.78 Å². The van der Waals surface area contributed by atoms with E-state index >= 15 is 0 Å². The zero-order valence-electron chi connectivity index (χ0n) is 11.4. The number of hydrogen-bond donors (Lipinski definition) is 1. The van der Waals surface area contributed by atoms with E-state index in [1.54, 1.807) is 6.07 Å². The zero-order chi connectivity index (χ0) is 13.8. The molecule has 110 valence electrons. The van der Waals surface area contributed by atoms with Gasteiger partial charge in [0.05, 0.1) is 0 Å². The number of halogens is 3. The lowest BCUT2D eigenvalue weighted by Crippen LogP contribution is -2.07. The van der Waals surface area contributed by atoms with Crippen LogP contribution in [0.5, 0.6) is 0 Å². The molecule has 1 aromatic heterocycles. The van der Waals surface area contributed by atoms with E-state index in [-0.39, 0.29) is 24.5 Å². The molecule has 0 saturated carbocycles. The Morgan fingerprint density at radius 2 is 2.05 bits per heavy atom. The van der Waals surface area contributed by atoms with Crippen LogP contribution in [0.4, 0.5) is 14.6 Å². The summed E-state index contributed by atoms with van der Waals surface area (Å²) in [5.41, 5.74) is 0.290. The van der Waals surface area contributed by atoms with Crippen molar-refractivity contribution in [1.29, 1.82) is 0 Å². The molecule has 1 atom stereocenters. The first-order valence-corrected chi connectivity index (χ1v) is 6.33. The maximum absolute atomic E-state index is 13.5. The molecule has 1 aromatic carbocycles. The summed E-state index contributed by atoms with van der Waals surface area (Å²) in [6.45, 7) is 4.37. The number of hydrogen-bond acceptors (Lipinski definition) is 2. The van der Waals surface area contributed by atoms with Gasteiger partial charge in [-0.25, -0.2) is 8.78 Å². The maximum atomic E-state index is 13.5. The molecule has 2 aromatic rings. The summed E-state index contributed by atoms with van der Waals surface area (Å²) in [4.78, 5) is 0. The van der Waals surface area contributed by atoms with Gasteiger partial charge in [-0.1, -0.05) is 19.1 Å². The molecule has 0 bridgehead atoms. The van der Waals surface area contributed by atoms with E-state index in [1.807, 2.05) is 16.9 Å². The predicted molar refractivity (Wildman–Crippen MR) is 78.2 cm³/mol. The summed E-state index contributed by atoms with van der Waals surface area (Å²) in [6.07, 6.45) is 2.86. The normalized spacial score (nSPS) is 11.8. The molecule has 0 saturated heterocycles. The maximum Gasteiger partial charge on any atom is 0.163 e. The van der Waals surface area contributed by atoms with Crippen LogP contribution in [0.2, 0.25) is 0 Å². The molecule has 0 fully saturated rings. The zero-order valence-corrected chi connectivity index (χ0v) is 12.3. The van der Waals surface area contributed by atoms with Gasteiger partial charge in [0.25, 0.3) is 0 Å². The van der Waals surface area contributed by atoms with Crippen LogP contribution in [0.15, 0.2) is 30.5 Å². The largest absolute Gasteiger partial charge is 0.364 e. The Balaban J connectivity index is 0.00000200. The molecule has 0 spiro atoms. The minimum Gasteiger partial charge on any atom is -0.364 e. The first-order valence-electron chi connectivity index (χ1n) is 6.33. The second-order valence-corrected chi connectivity index (χ2v) is 4.50. The smallest absolute Gasteiger partial charge is 0.163 e. The van der Waals surface area contributed by atoms with Gasteiger partial charge in [0.2, 0.25) is 0 Å². The predicted octanol–water partition coefficient (Wildman–Crippen LogP) is 4.17. The molecule has 20 heavy (non-hydrogen) atoms. The number of rotatable bonds is 5. The Kier molecular flexibility index (Phi) is 5.95. The van der Waals surface area contributed by atoms with Crippen LogP contribution in [0.1, 0.15) is 31.9 Å². The molecular weight excluding hydrogens is 284 g/mol. The van der Waals surface area contributed by atoms with Crippen molar-refractivity contribution in [3.05, 3.63) is 47.7 Å². The van der Waals surface area contributed by atoms with Gasteiger partial charge >= 0.3 is 0 Å². The Morgan fingerprint density at radius 3 is 2.75 bits per heavy atom. The Bertz CT molecular complexity index is 557. The molecule has 1 heterocycles. The highest BCUT2D eigenvalue weighted by Crippen LogP contribution is 2.15. The molecule has 0 aliphatic rings. The van der Waals surface area contributed by atoms with Crippen molar-refractivity contribution in [2.75, 3.05) is 5.32 Å². The SMILES string of the molecule is CCC(C)n1ccc(NCc2cccc(F)c2F)n1.Cl. The van der Waals surface area contributed by atoms with Gasteiger partial charge in [-0.2, -0.15) is 5.10 Å². The number of nitrogens with one attached hydrogen (secondary N) is 1. The summed E-state index contributed by atoms with van der Waals surface area (Å²) >= 11 is 0. The van der Waals surface area contributed by atoms with Crippen molar-refractivity contribution in [3.63, 3.8) is 0 Å². The molecule has 2 rings (SSSR count). The molecule has 0 aliphatic carbocycles. The average Bonchev–Trinajstić information content (AvgIpc) is 2.88. The third-order valence-corrected chi connectivity index (χ3v) is 3.14. The van der Waals surface area contributed by atoms with Crippen LogP contribution in [0.25, 0.3) is 0 Å². The number of aromatic nitrogens is 2. The van der Waals surface area contributed by atoms with Crippen LogP contribution < -0.4 is 5.32 Å². The van der Waals surface area contributed by atoms with Crippen LogP contribution >= 0.6 is 12.4 Å². The van der Waals surface area contributed by atoms with Gasteiger partial charge in [-0.15, -0.1) is 12.4 Å². The highest BCUT2D eigenvalue weighted by Gasteiger charge is 2.08. The fraction of sp³-hybridized carbons (Fsp3) is 0.357. The van der Waals surface area contributed by atoms with E-state index in [0.717, 1.165) is 12.5 Å². The standard InChI is InChI=1S/C14H17F2N3.ClH/c1-3-10(2)19-8-7-13(18-19)17-9-11-5-4-6-12(15)14(11)16;/h4-8,10H,3,9H2,1-2H3,(H,17,18);1H. The molecule has 3 nitrogen and oxygen atoms in total. The van der Waals surface area contributed by atoms with Crippen LogP contribution in [-0.4, -0.2) is 9.78 Å². The van der Waals surface area contributed by atoms with E-state index < -0.39 is 11.6 Å². The summed E-state index contributed by atoms with van der Waals surface area (Å²) in [5.74, 6) is -0.982. The van der Waals surface area contributed by atoms with Gasteiger partial charge in [-0.3, -0.25) is 4.68 Å². The molecule has 1 N–H and O–H groups in total. The third kappa shape index (κ3) is 3.70. The van der Waals surface area contributed by atoms with E-state index in [9.17, 15) is 8.78 Å². The molecule has 0 aliphatic heterocycles. The lowest BCUT2D eigenvalue weighted by atomic mass is 10.2. The Morgan fingerprint density at radius 1 is 1.30 bits per heavy atom. The average molecular weight is 302 g/mol. The minimum absolute atomic E-state index is 0. The van der Waals surface area contributed by atoms with Gasteiger partial charge in [0, 0.05) is 30.4 Å². The van der Waals surface area contributed by atoms with Crippen LogP contribution in [0.3, 0.4) is 0 Å². The quantitative estimate of drug-likeness (QED) is 0.898. The second kappa shape index (κ2) is 7.24. The molecule has 0 radical (unpaired) electrons. The van der Waals surface area contributed by atoms with Crippen molar-refractivity contribution in [2.24, 2.45) is 0 Å².